The van der Waals surface area contributed by atoms with E-state index in [-0.39, 0.29) is 5.91 Å². The molecular weight excluding hydrogens is 224 g/mol. The average Bonchev–Trinajstić information content (AvgIpc) is 2.43. The van der Waals surface area contributed by atoms with Crippen molar-refractivity contribution in [3.8, 4) is 0 Å². The SMILES string of the molecule is NCCCCNC(=O)c1ccc2ccccc2c1. The second-order valence-corrected chi connectivity index (χ2v) is 4.31. The third-order valence-corrected chi connectivity index (χ3v) is 2.93. The van der Waals surface area contributed by atoms with Crippen molar-refractivity contribution in [2.24, 2.45) is 5.73 Å². The Bertz CT molecular complexity index is 537. The number of unbranched alkanes of at least 4 members (excludes halogenated alkanes) is 1. The minimum Gasteiger partial charge on any atom is -0.352 e. The summed E-state index contributed by atoms with van der Waals surface area (Å²) < 4.78 is 0. The molecule has 0 radical (unpaired) electrons. The third-order valence-electron chi connectivity index (χ3n) is 2.93. The second-order valence-electron chi connectivity index (χ2n) is 4.31. The van der Waals surface area contributed by atoms with Crippen LogP contribution >= 0.6 is 0 Å². The fraction of sp³-hybridized carbons (Fsp3) is 0.267. The van der Waals surface area contributed by atoms with Crippen LogP contribution in [0.2, 0.25) is 0 Å². The standard InChI is InChI=1S/C15H18N2O/c16-9-3-4-10-17-15(18)14-8-7-12-5-1-2-6-13(12)11-14/h1-2,5-8,11H,3-4,9-10,16H2,(H,17,18). The topological polar surface area (TPSA) is 55.1 Å². The van der Waals surface area contributed by atoms with E-state index in [9.17, 15) is 4.79 Å². The molecule has 1 amide bonds. The number of fused-ring (bicyclic) bond motifs is 1. The van der Waals surface area contributed by atoms with E-state index in [0.717, 1.165) is 23.6 Å². The molecule has 2 rings (SSSR count). The summed E-state index contributed by atoms with van der Waals surface area (Å²) in [6.07, 6.45) is 1.87. The van der Waals surface area contributed by atoms with E-state index in [0.29, 0.717) is 18.7 Å². The molecule has 94 valence electrons. The predicted octanol–water partition coefficient (Wildman–Crippen LogP) is 2.31. The van der Waals surface area contributed by atoms with Crippen LogP contribution < -0.4 is 11.1 Å². The van der Waals surface area contributed by atoms with Gasteiger partial charge < -0.3 is 11.1 Å². The highest BCUT2D eigenvalue weighted by molar-refractivity contribution is 5.98. The molecular formula is C15H18N2O. The number of carbonyl (C=O) groups excluding carboxylic acids is 1. The number of hydrogen-bond acceptors (Lipinski definition) is 2. The maximum absolute atomic E-state index is 11.9. The minimum absolute atomic E-state index is 0.0159. The lowest BCUT2D eigenvalue weighted by molar-refractivity contribution is 0.0953. The zero-order chi connectivity index (χ0) is 12.8. The number of carbonyl (C=O) groups is 1. The molecule has 0 saturated carbocycles. The molecule has 3 nitrogen and oxygen atoms in total. The summed E-state index contributed by atoms with van der Waals surface area (Å²) in [6, 6.07) is 13.8. The summed E-state index contributed by atoms with van der Waals surface area (Å²) in [6.45, 7) is 1.36. The van der Waals surface area contributed by atoms with Gasteiger partial charge in [-0.15, -0.1) is 0 Å². The van der Waals surface area contributed by atoms with E-state index < -0.39 is 0 Å². The Hall–Kier alpha value is -1.87. The molecule has 0 aliphatic heterocycles. The van der Waals surface area contributed by atoms with Gasteiger partial charge in [-0.25, -0.2) is 0 Å². The molecule has 0 saturated heterocycles. The molecule has 0 spiro atoms. The zero-order valence-corrected chi connectivity index (χ0v) is 10.4. The zero-order valence-electron chi connectivity index (χ0n) is 10.4. The number of amides is 1. The summed E-state index contributed by atoms with van der Waals surface area (Å²) in [7, 11) is 0. The van der Waals surface area contributed by atoms with Gasteiger partial charge in [0.1, 0.15) is 0 Å². The highest BCUT2D eigenvalue weighted by Gasteiger charge is 2.05. The van der Waals surface area contributed by atoms with Crippen LogP contribution in [0.25, 0.3) is 10.8 Å². The van der Waals surface area contributed by atoms with Crippen LogP contribution in [0.5, 0.6) is 0 Å². The van der Waals surface area contributed by atoms with Crippen molar-refractivity contribution in [3.63, 3.8) is 0 Å². The Morgan fingerprint density at radius 2 is 1.83 bits per heavy atom. The molecule has 0 fully saturated rings. The normalized spacial score (nSPS) is 10.5. The van der Waals surface area contributed by atoms with Crippen LogP contribution in [-0.4, -0.2) is 19.0 Å². The first-order valence-corrected chi connectivity index (χ1v) is 6.28. The highest BCUT2D eigenvalue weighted by atomic mass is 16.1. The highest BCUT2D eigenvalue weighted by Crippen LogP contribution is 2.15. The van der Waals surface area contributed by atoms with Gasteiger partial charge >= 0.3 is 0 Å². The van der Waals surface area contributed by atoms with Crippen molar-refractivity contribution in [3.05, 3.63) is 48.0 Å². The molecule has 0 aromatic heterocycles. The Balaban J connectivity index is 2.04. The summed E-state index contributed by atoms with van der Waals surface area (Å²) in [5.41, 5.74) is 6.12. The van der Waals surface area contributed by atoms with Crippen LogP contribution in [-0.2, 0) is 0 Å². The van der Waals surface area contributed by atoms with E-state index in [1.54, 1.807) is 0 Å². The number of nitrogens with two attached hydrogens (primary N) is 1. The van der Waals surface area contributed by atoms with E-state index >= 15 is 0 Å². The molecule has 0 aliphatic rings. The molecule has 2 aromatic rings. The van der Waals surface area contributed by atoms with Gasteiger partial charge in [-0.2, -0.15) is 0 Å². The Labute approximate surface area is 107 Å². The van der Waals surface area contributed by atoms with Crippen molar-refractivity contribution in [2.45, 2.75) is 12.8 Å². The largest absolute Gasteiger partial charge is 0.352 e. The number of hydrogen-bond donors (Lipinski definition) is 2. The van der Waals surface area contributed by atoms with Gasteiger partial charge in [0.25, 0.3) is 5.91 Å². The molecule has 0 heterocycles. The summed E-state index contributed by atoms with van der Waals surface area (Å²) >= 11 is 0. The first kappa shape index (κ1) is 12.6. The van der Waals surface area contributed by atoms with E-state index in [1.807, 2.05) is 42.5 Å². The van der Waals surface area contributed by atoms with Crippen molar-refractivity contribution in [1.29, 1.82) is 0 Å². The average molecular weight is 242 g/mol. The maximum Gasteiger partial charge on any atom is 0.251 e. The second kappa shape index (κ2) is 6.17. The van der Waals surface area contributed by atoms with Crippen LogP contribution in [0.1, 0.15) is 23.2 Å². The molecule has 0 atom stereocenters. The van der Waals surface area contributed by atoms with Gasteiger partial charge in [0.05, 0.1) is 0 Å². The molecule has 2 aromatic carbocycles. The minimum atomic E-state index is -0.0159. The third kappa shape index (κ3) is 3.08. The molecule has 3 N–H and O–H groups in total. The van der Waals surface area contributed by atoms with Crippen LogP contribution in [0.15, 0.2) is 42.5 Å². The van der Waals surface area contributed by atoms with Crippen molar-refractivity contribution in [2.75, 3.05) is 13.1 Å². The molecule has 3 heteroatoms. The van der Waals surface area contributed by atoms with Gasteiger partial charge in [-0.05, 0) is 42.3 Å². The van der Waals surface area contributed by atoms with Gasteiger partial charge in [0.2, 0.25) is 0 Å². The lowest BCUT2D eigenvalue weighted by Crippen LogP contribution is -2.24. The Kier molecular flexibility index (Phi) is 4.31. The van der Waals surface area contributed by atoms with Gasteiger partial charge in [-0.3, -0.25) is 4.79 Å². The fourth-order valence-electron chi connectivity index (χ4n) is 1.90. The van der Waals surface area contributed by atoms with Crippen molar-refractivity contribution >= 4 is 16.7 Å². The quantitative estimate of drug-likeness (QED) is 0.790. The monoisotopic (exact) mass is 242 g/mol. The van der Waals surface area contributed by atoms with Gasteiger partial charge in [-0.1, -0.05) is 30.3 Å². The summed E-state index contributed by atoms with van der Waals surface area (Å²) in [4.78, 5) is 11.9. The van der Waals surface area contributed by atoms with Crippen LogP contribution in [0, 0.1) is 0 Å². The van der Waals surface area contributed by atoms with Crippen LogP contribution in [0.3, 0.4) is 0 Å². The number of rotatable bonds is 5. The molecule has 0 bridgehead atoms. The Morgan fingerprint density at radius 3 is 2.61 bits per heavy atom. The maximum atomic E-state index is 11.9. The smallest absolute Gasteiger partial charge is 0.251 e. The van der Waals surface area contributed by atoms with Crippen LogP contribution in [0.4, 0.5) is 0 Å². The Morgan fingerprint density at radius 1 is 1.06 bits per heavy atom. The van der Waals surface area contributed by atoms with E-state index in [2.05, 4.69) is 5.32 Å². The number of benzene rings is 2. The van der Waals surface area contributed by atoms with Crippen molar-refractivity contribution in [1.82, 2.24) is 5.32 Å². The lowest BCUT2D eigenvalue weighted by atomic mass is 10.1. The summed E-state index contributed by atoms with van der Waals surface area (Å²) in [5.74, 6) is -0.0159. The van der Waals surface area contributed by atoms with Crippen molar-refractivity contribution < 1.29 is 4.79 Å². The first-order chi connectivity index (χ1) is 8.81. The lowest BCUT2D eigenvalue weighted by Gasteiger charge is -2.05. The first-order valence-electron chi connectivity index (χ1n) is 6.28. The summed E-state index contributed by atoms with van der Waals surface area (Å²) in [5, 5.41) is 5.14. The fourth-order valence-corrected chi connectivity index (χ4v) is 1.90. The molecule has 18 heavy (non-hydrogen) atoms. The van der Waals surface area contributed by atoms with E-state index in [1.165, 1.54) is 0 Å². The molecule has 0 aliphatic carbocycles. The van der Waals surface area contributed by atoms with Gasteiger partial charge in [0, 0.05) is 12.1 Å². The van der Waals surface area contributed by atoms with E-state index in [4.69, 9.17) is 5.73 Å². The number of nitrogens with one attached hydrogen (secondary N) is 1. The molecule has 0 unspecified atom stereocenters. The predicted molar refractivity (Wildman–Crippen MR) is 74.6 cm³/mol. The van der Waals surface area contributed by atoms with Gasteiger partial charge in [0.15, 0.2) is 0 Å².